The third kappa shape index (κ3) is 4.52. The van der Waals surface area contributed by atoms with Crippen LogP contribution in [-0.2, 0) is 6.42 Å². The minimum atomic E-state index is -0.605. The smallest absolute Gasteiger partial charge is 0.308 e. The molecule has 0 spiro atoms. The first-order valence-electron chi connectivity index (χ1n) is 10.4. The maximum absolute atomic E-state index is 13.8. The van der Waals surface area contributed by atoms with Crippen LogP contribution in [0.3, 0.4) is 0 Å². The fourth-order valence-electron chi connectivity index (χ4n) is 3.89. The summed E-state index contributed by atoms with van der Waals surface area (Å²) in [5, 5.41) is 16.4. The van der Waals surface area contributed by atoms with Gasteiger partial charge in [-0.25, -0.2) is 9.18 Å². The van der Waals surface area contributed by atoms with E-state index in [1.165, 1.54) is 30.3 Å². The maximum Gasteiger partial charge on any atom is 0.323 e. The number of hydrogen-bond donors (Lipinski definition) is 2. The van der Waals surface area contributed by atoms with Crippen LogP contribution in [0, 0.1) is 22.9 Å². The van der Waals surface area contributed by atoms with E-state index < -0.39 is 16.8 Å². The molecule has 0 fully saturated rings. The van der Waals surface area contributed by atoms with Gasteiger partial charge in [-0.2, -0.15) is 0 Å². The third-order valence-electron chi connectivity index (χ3n) is 5.53. The Kier molecular flexibility index (Phi) is 6.03. The summed E-state index contributed by atoms with van der Waals surface area (Å²) in [6, 6.07) is 14.7. The molecule has 3 aromatic rings. The predicted molar refractivity (Wildman–Crippen MR) is 123 cm³/mol. The molecule has 0 saturated carbocycles. The highest BCUT2D eigenvalue weighted by molar-refractivity contribution is 6.09. The highest BCUT2D eigenvalue weighted by Crippen LogP contribution is 2.34. The molecule has 8 nitrogen and oxygen atoms in total. The van der Waals surface area contributed by atoms with Crippen LogP contribution in [0.4, 0.5) is 31.9 Å². The summed E-state index contributed by atoms with van der Waals surface area (Å²) >= 11 is 0. The van der Waals surface area contributed by atoms with Crippen LogP contribution in [-0.4, -0.2) is 23.4 Å². The zero-order valence-electron chi connectivity index (χ0n) is 17.8. The van der Waals surface area contributed by atoms with Gasteiger partial charge in [0.2, 0.25) is 0 Å². The third-order valence-corrected chi connectivity index (χ3v) is 5.53. The zero-order chi connectivity index (χ0) is 23.5. The summed E-state index contributed by atoms with van der Waals surface area (Å²) in [6.45, 7) is 2.17. The molecule has 1 aliphatic rings. The summed E-state index contributed by atoms with van der Waals surface area (Å²) in [4.78, 5) is 38.0. The van der Waals surface area contributed by atoms with Gasteiger partial charge >= 0.3 is 6.03 Å². The number of hydrogen-bond acceptors (Lipinski definition) is 4. The first-order chi connectivity index (χ1) is 15.8. The van der Waals surface area contributed by atoms with Gasteiger partial charge in [-0.3, -0.25) is 14.9 Å². The monoisotopic (exact) mass is 448 g/mol. The number of non-ortho nitro benzene ring substituents is 1. The molecule has 2 N–H and O–H groups in total. The lowest BCUT2D eigenvalue weighted by molar-refractivity contribution is -0.384. The predicted octanol–water partition coefficient (Wildman–Crippen LogP) is 5.28. The quantitative estimate of drug-likeness (QED) is 0.418. The number of halogens is 1. The lowest BCUT2D eigenvalue weighted by atomic mass is 9.98. The molecule has 0 saturated heterocycles. The second kappa shape index (κ2) is 9.07. The Labute approximate surface area is 189 Å². The lowest BCUT2D eigenvalue weighted by Gasteiger charge is -2.31. The van der Waals surface area contributed by atoms with Gasteiger partial charge in [-0.15, -0.1) is 0 Å². The zero-order valence-corrected chi connectivity index (χ0v) is 17.8. The van der Waals surface area contributed by atoms with Crippen molar-refractivity contribution in [3.63, 3.8) is 0 Å². The molecular formula is C24H21FN4O4. The molecule has 9 heteroatoms. The second-order valence-corrected chi connectivity index (χ2v) is 7.68. The van der Waals surface area contributed by atoms with Crippen molar-refractivity contribution in [1.29, 1.82) is 0 Å². The Morgan fingerprint density at radius 1 is 1.03 bits per heavy atom. The van der Waals surface area contributed by atoms with Gasteiger partial charge in [0.1, 0.15) is 5.82 Å². The van der Waals surface area contributed by atoms with E-state index in [-0.39, 0.29) is 22.8 Å². The van der Waals surface area contributed by atoms with Crippen LogP contribution in [0.5, 0.6) is 0 Å². The molecule has 0 atom stereocenters. The largest absolute Gasteiger partial charge is 0.323 e. The average molecular weight is 448 g/mol. The summed E-state index contributed by atoms with van der Waals surface area (Å²) in [5.74, 6) is -0.892. The topological polar surface area (TPSA) is 105 Å². The van der Waals surface area contributed by atoms with Gasteiger partial charge in [-0.05, 0) is 55.2 Å². The lowest BCUT2D eigenvalue weighted by Crippen LogP contribution is -2.36. The maximum atomic E-state index is 13.8. The molecule has 3 amide bonds. The van der Waals surface area contributed by atoms with Gasteiger partial charge in [0.15, 0.2) is 0 Å². The summed E-state index contributed by atoms with van der Waals surface area (Å²) in [5.41, 5.74) is 2.70. The minimum Gasteiger partial charge on any atom is -0.308 e. The van der Waals surface area contributed by atoms with Crippen molar-refractivity contribution < 1.29 is 18.9 Å². The van der Waals surface area contributed by atoms with Crippen molar-refractivity contribution in [2.24, 2.45) is 0 Å². The van der Waals surface area contributed by atoms with Gasteiger partial charge < -0.3 is 15.5 Å². The van der Waals surface area contributed by atoms with Crippen LogP contribution in [0.2, 0.25) is 0 Å². The Morgan fingerprint density at radius 2 is 1.76 bits per heavy atom. The second-order valence-electron chi connectivity index (χ2n) is 7.68. The summed E-state index contributed by atoms with van der Waals surface area (Å²) in [6.07, 6.45) is 1.28. The number of aryl methyl sites for hydroxylation is 1. The number of para-hydroxylation sites is 1. The van der Waals surface area contributed by atoms with Crippen LogP contribution in [0.25, 0.3) is 0 Å². The number of rotatable bonds is 4. The van der Waals surface area contributed by atoms with Crippen molar-refractivity contribution in [3.05, 3.63) is 93.3 Å². The molecule has 3 aromatic carbocycles. The highest BCUT2D eigenvalue weighted by Gasteiger charge is 2.27. The normalized spacial score (nSPS) is 12.6. The highest BCUT2D eigenvalue weighted by atomic mass is 19.1. The Bertz CT molecular complexity index is 1260. The number of amides is 3. The standard InChI is InChI=1S/C24H21FN4O4/c1-15-11-12-16(29(32)33)14-18(15)23(30)28-13-5-6-17-20(9-4-10-22(17)28)26-24(31)27-21-8-3-2-7-19(21)25/h2-4,7-12,14H,5-6,13H2,1H3,(H2,26,27,31). The van der Waals surface area contributed by atoms with Crippen LogP contribution in [0.1, 0.15) is 27.9 Å². The van der Waals surface area contributed by atoms with Crippen molar-refractivity contribution in [3.8, 4) is 0 Å². The average Bonchev–Trinajstić information content (AvgIpc) is 2.80. The van der Waals surface area contributed by atoms with Crippen molar-refractivity contribution >= 4 is 34.7 Å². The number of fused-ring (bicyclic) bond motifs is 1. The van der Waals surface area contributed by atoms with Gasteiger partial charge in [0.05, 0.1) is 10.6 Å². The number of carbonyl (C=O) groups is 2. The fourth-order valence-corrected chi connectivity index (χ4v) is 3.89. The Hall–Kier alpha value is -4.27. The number of benzene rings is 3. The van der Waals surface area contributed by atoms with Gasteiger partial charge in [0, 0.05) is 35.6 Å². The van der Waals surface area contributed by atoms with E-state index in [9.17, 15) is 24.1 Å². The van der Waals surface area contributed by atoms with E-state index in [2.05, 4.69) is 10.6 Å². The number of carbonyl (C=O) groups excluding carboxylic acids is 2. The summed E-state index contributed by atoms with van der Waals surface area (Å²) in [7, 11) is 0. The van der Waals surface area contributed by atoms with E-state index >= 15 is 0 Å². The SMILES string of the molecule is Cc1ccc([N+](=O)[O-])cc1C(=O)N1CCCc2c(NC(=O)Nc3ccccc3F)cccc21. The van der Waals surface area contributed by atoms with E-state index in [0.29, 0.717) is 36.3 Å². The van der Waals surface area contributed by atoms with Crippen LogP contribution >= 0.6 is 0 Å². The number of nitrogens with zero attached hydrogens (tertiary/aromatic N) is 2. The van der Waals surface area contributed by atoms with Crippen molar-refractivity contribution in [2.45, 2.75) is 19.8 Å². The molecule has 0 aliphatic carbocycles. The molecule has 1 aliphatic heterocycles. The molecule has 33 heavy (non-hydrogen) atoms. The number of urea groups is 1. The molecule has 0 bridgehead atoms. The van der Waals surface area contributed by atoms with Crippen LogP contribution < -0.4 is 15.5 Å². The Balaban J connectivity index is 1.61. The molecule has 4 rings (SSSR count). The van der Waals surface area contributed by atoms with E-state index in [1.807, 2.05) is 0 Å². The molecule has 0 radical (unpaired) electrons. The molecule has 1 heterocycles. The fraction of sp³-hybridized carbons (Fsp3) is 0.167. The number of nitro groups is 1. The molecule has 0 aromatic heterocycles. The number of nitrogens with one attached hydrogen (secondary N) is 2. The number of anilines is 3. The van der Waals surface area contributed by atoms with Crippen LogP contribution in [0.15, 0.2) is 60.7 Å². The van der Waals surface area contributed by atoms with Crippen molar-refractivity contribution in [1.82, 2.24) is 0 Å². The minimum absolute atomic E-state index is 0.0535. The number of nitro benzene ring substituents is 1. The molecule has 168 valence electrons. The summed E-state index contributed by atoms with van der Waals surface area (Å²) < 4.78 is 13.8. The van der Waals surface area contributed by atoms with Gasteiger partial charge in [-0.1, -0.05) is 24.3 Å². The van der Waals surface area contributed by atoms with Crippen molar-refractivity contribution in [2.75, 3.05) is 22.1 Å². The first kappa shape index (κ1) is 21.9. The van der Waals surface area contributed by atoms with Gasteiger partial charge in [0.25, 0.3) is 11.6 Å². The van der Waals surface area contributed by atoms with E-state index in [4.69, 9.17) is 0 Å². The first-order valence-corrected chi connectivity index (χ1v) is 10.4. The molecular weight excluding hydrogens is 427 g/mol. The van der Waals surface area contributed by atoms with E-state index in [1.54, 1.807) is 42.2 Å². The molecule has 0 unspecified atom stereocenters. The van der Waals surface area contributed by atoms with E-state index in [0.717, 1.165) is 5.56 Å². The Morgan fingerprint density at radius 3 is 2.52 bits per heavy atom.